The fourth-order valence-corrected chi connectivity index (χ4v) is 5.97. The van der Waals surface area contributed by atoms with Gasteiger partial charge in [-0.05, 0) is 50.1 Å². The van der Waals surface area contributed by atoms with E-state index in [2.05, 4.69) is 85.8 Å². The van der Waals surface area contributed by atoms with Gasteiger partial charge in [0.05, 0.1) is 19.2 Å². The minimum absolute atomic E-state index is 0.236. The van der Waals surface area contributed by atoms with Crippen molar-refractivity contribution >= 4 is 23.1 Å². The number of hydrogen-bond acceptors (Lipinski definition) is 7. The van der Waals surface area contributed by atoms with Crippen LogP contribution in [-0.2, 0) is 30.1 Å². The van der Waals surface area contributed by atoms with Gasteiger partial charge in [0.15, 0.2) is 10.3 Å². The van der Waals surface area contributed by atoms with Crippen LogP contribution >= 0.6 is 23.1 Å². The highest BCUT2D eigenvalue weighted by Gasteiger charge is 2.22. The summed E-state index contributed by atoms with van der Waals surface area (Å²) in [4.78, 5) is 6.74. The molecule has 1 aliphatic rings. The largest absolute Gasteiger partial charge is 0.376 e. The van der Waals surface area contributed by atoms with Crippen LogP contribution < -0.4 is 0 Å². The molecule has 0 unspecified atom stereocenters. The molecule has 4 heterocycles. The molecule has 7 nitrogen and oxygen atoms in total. The molecule has 0 radical (unpaired) electrons. The van der Waals surface area contributed by atoms with Gasteiger partial charge in [0, 0.05) is 42.4 Å². The summed E-state index contributed by atoms with van der Waals surface area (Å²) in [6.45, 7) is 5.33. The molecule has 1 saturated heterocycles. The Morgan fingerprint density at radius 3 is 2.88 bits per heavy atom. The Balaban J connectivity index is 1.31. The van der Waals surface area contributed by atoms with Gasteiger partial charge < -0.3 is 9.30 Å². The van der Waals surface area contributed by atoms with Crippen molar-refractivity contribution in [1.29, 1.82) is 0 Å². The Labute approximate surface area is 208 Å². The molecule has 34 heavy (non-hydrogen) atoms. The summed E-state index contributed by atoms with van der Waals surface area (Å²) in [5.41, 5.74) is 3.85. The van der Waals surface area contributed by atoms with Gasteiger partial charge in [-0.1, -0.05) is 36.0 Å². The number of nitrogens with zero attached hydrogens (tertiary/aromatic N) is 6. The Kier molecular flexibility index (Phi) is 7.44. The Morgan fingerprint density at radius 1 is 1.18 bits per heavy atom. The van der Waals surface area contributed by atoms with Gasteiger partial charge >= 0.3 is 0 Å². The number of ether oxygens (including phenoxy) is 1. The minimum Gasteiger partial charge on any atom is -0.376 e. The number of thioether (sulfide) groups is 1. The zero-order valence-electron chi connectivity index (χ0n) is 19.6. The molecule has 178 valence electrons. The molecule has 0 aliphatic carbocycles. The van der Waals surface area contributed by atoms with Gasteiger partial charge in [0.1, 0.15) is 5.82 Å². The van der Waals surface area contributed by atoms with E-state index in [1.165, 1.54) is 16.8 Å². The topological polar surface area (TPSA) is 61.0 Å². The zero-order chi connectivity index (χ0) is 23.3. The molecule has 0 amide bonds. The fraction of sp³-hybridized carbons (Fsp3) is 0.400. The van der Waals surface area contributed by atoms with Crippen molar-refractivity contribution in [3.05, 3.63) is 76.8 Å². The smallest absolute Gasteiger partial charge is 0.193 e. The van der Waals surface area contributed by atoms with Crippen LogP contribution in [0, 0.1) is 6.92 Å². The standard InChI is InChI=1S/C25H30N6OS2/c1-19-7-3-4-8-20(19)18-34-25-28-27-23(31(25)16-22-10-6-13-32-22)17-29(2)15-21-9-5-12-30(21)24-26-11-14-33-24/h3-5,7-9,11-12,14,22H,6,10,13,15-18H2,1-2H3/t22-/m1/s1. The monoisotopic (exact) mass is 494 g/mol. The second-order valence-electron chi connectivity index (χ2n) is 8.72. The number of thiazole rings is 1. The number of aryl methyl sites for hydroxylation is 1. The first kappa shape index (κ1) is 23.3. The van der Waals surface area contributed by atoms with Crippen LogP contribution in [0.4, 0.5) is 0 Å². The van der Waals surface area contributed by atoms with Crippen LogP contribution in [0.3, 0.4) is 0 Å². The van der Waals surface area contributed by atoms with E-state index in [1.54, 1.807) is 23.1 Å². The molecule has 1 aromatic carbocycles. The average molecular weight is 495 g/mol. The molecule has 1 fully saturated rings. The summed E-state index contributed by atoms with van der Waals surface area (Å²) in [6, 6.07) is 12.8. The van der Waals surface area contributed by atoms with Gasteiger partial charge in [-0.2, -0.15) is 0 Å². The molecule has 4 aromatic rings. The highest BCUT2D eigenvalue weighted by atomic mass is 32.2. The minimum atomic E-state index is 0.236. The molecule has 1 atom stereocenters. The molecule has 0 bridgehead atoms. The summed E-state index contributed by atoms with van der Waals surface area (Å²) in [5, 5.41) is 13.2. The van der Waals surface area contributed by atoms with Crippen molar-refractivity contribution in [2.75, 3.05) is 13.7 Å². The van der Waals surface area contributed by atoms with Gasteiger partial charge in [0.25, 0.3) is 0 Å². The highest BCUT2D eigenvalue weighted by molar-refractivity contribution is 7.98. The SMILES string of the molecule is Cc1ccccc1CSc1nnc(CN(C)Cc2cccn2-c2nccs2)n1C[C@H]1CCCO1. The molecule has 1 aliphatic heterocycles. The summed E-state index contributed by atoms with van der Waals surface area (Å²) < 4.78 is 10.4. The van der Waals surface area contributed by atoms with Gasteiger partial charge in [-0.15, -0.1) is 21.5 Å². The molecule has 0 saturated carbocycles. The Bertz CT molecular complexity index is 1200. The van der Waals surface area contributed by atoms with Gasteiger partial charge in [-0.25, -0.2) is 4.98 Å². The third-order valence-electron chi connectivity index (χ3n) is 6.12. The number of benzene rings is 1. The molecular formula is C25H30N6OS2. The maximum Gasteiger partial charge on any atom is 0.193 e. The number of rotatable bonds is 10. The molecule has 3 aromatic heterocycles. The fourth-order valence-electron chi connectivity index (χ4n) is 4.27. The van der Waals surface area contributed by atoms with Crippen molar-refractivity contribution in [2.45, 2.75) is 56.4 Å². The molecular weight excluding hydrogens is 464 g/mol. The number of aromatic nitrogens is 5. The van der Waals surface area contributed by atoms with Crippen molar-refractivity contribution in [3.8, 4) is 5.13 Å². The van der Waals surface area contributed by atoms with E-state index in [0.717, 1.165) is 54.4 Å². The second kappa shape index (κ2) is 10.9. The summed E-state index contributed by atoms with van der Waals surface area (Å²) in [5.74, 6) is 1.87. The van der Waals surface area contributed by atoms with Gasteiger partial charge in [0.2, 0.25) is 0 Å². The van der Waals surface area contributed by atoms with Crippen molar-refractivity contribution in [2.24, 2.45) is 0 Å². The van der Waals surface area contributed by atoms with Crippen molar-refractivity contribution in [1.82, 2.24) is 29.2 Å². The van der Waals surface area contributed by atoms with Crippen molar-refractivity contribution in [3.63, 3.8) is 0 Å². The van der Waals surface area contributed by atoms with E-state index >= 15 is 0 Å². The normalized spacial score (nSPS) is 16.0. The molecule has 0 N–H and O–H groups in total. The summed E-state index contributed by atoms with van der Waals surface area (Å²) >= 11 is 3.40. The van der Waals surface area contributed by atoms with Gasteiger partial charge in [-0.3, -0.25) is 9.47 Å². The second-order valence-corrected chi connectivity index (χ2v) is 10.5. The maximum absolute atomic E-state index is 5.96. The van der Waals surface area contributed by atoms with E-state index in [1.807, 2.05) is 11.6 Å². The van der Waals surface area contributed by atoms with Crippen LogP contribution in [0.1, 0.15) is 35.5 Å². The third kappa shape index (κ3) is 5.43. The first-order valence-corrected chi connectivity index (χ1v) is 13.5. The molecule has 5 rings (SSSR count). The van der Waals surface area contributed by atoms with E-state index < -0.39 is 0 Å². The predicted molar refractivity (Wildman–Crippen MR) is 136 cm³/mol. The Morgan fingerprint density at radius 2 is 2.09 bits per heavy atom. The van der Waals surface area contributed by atoms with Crippen molar-refractivity contribution < 1.29 is 4.74 Å². The number of hydrogen-bond donors (Lipinski definition) is 0. The zero-order valence-corrected chi connectivity index (χ0v) is 21.3. The lowest BCUT2D eigenvalue weighted by atomic mass is 10.1. The van der Waals surface area contributed by atoms with E-state index in [9.17, 15) is 0 Å². The van der Waals surface area contributed by atoms with E-state index in [0.29, 0.717) is 6.54 Å². The highest BCUT2D eigenvalue weighted by Crippen LogP contribution is 2.26. The molecule has 9 heteroatoms. The van der Waals surface area contributed by atoms with Crippen LogP contribution in [0.15, 0.2) is 59.3 Å². The van der Waals surface area contributed by atoms with E-state index in [4.69, 9.17) is 4.74 Å². The van der Waals surface area contributed by atoms with E-state index in [-0.39, 0.29) is 6.10 Å². The average Bonchev–Trinajstić information content (AvgIpc) is 3.63. The lowest BCUT2D eigenvalue weighted by Crippen LogP contribution is -2.24. The van der Waals surface area contributed by atoms with Crippen LogP contribution in [0.25, 0.3) is 5.13 Å². The van der Waals surface area contributed by atoms with Crippen LogP contribution in [0.2, 0.25) is 0 Å². The quantitative estimate of drug-likeness (QED) is 0.291. The first-order valence-electron chi connectivity index (χ1n) is 11.6. The molecule has 0 spiro atoms. The van der Waals surface area contributed by atoms with Crippen LogP contribution in [-0.4, -0.2) is 49.0 Å². The summed E-state index contributed by atoms with van der Waals surface area (Å²) in [7, 11) is 2.13. The predicted octanol–water partition coefficient (Wildman–Crippen LogP) is 4.94. The lowest BCUT2D eigenvalue weighted by molar-refractivity contribution is 0.0934. The first-order chi connectivity index (χ1) is 16.7. The lowest BCUT2D eigenvalue weighted by Gasteiger charge is -2.19. The summed E-state index contributed by atoms with van der Waals surface area (Å²) in [6.07, 6.45) is 6.37. The third-order valence-corrected chi connectivity index (χ3v) is 7.91. The Hall–Kier alpha value is -2.46. The maximum atomic E-state index is 5.96. The van der Waals surface area contributed by atoms with Crippen LogP contribution in [0.5, 0.6) is 0 Å².